The molecule has 0 saturated carbocycles. The van der Waals surface area contributed by atoms with E-state index < -0.39 is 16.6 Å². The van der Waals surface area contributed by atoms with Gasteiger partial charge in [-0.25, -0.2) is 4.79 Å². The molecule has 0 saturated heterocycles. The summed E-state index contributed by atoms with van der Waals surface area (Å²) in [5.41, 5.74) is 2.07. The SMILES string of the molecule is Cc1cccc(C)c1OCCOC(=O)Cn1c(=O)oc2cc([N+](=O)[O-])ccc21. The van der Waals surface area contributed by atoms with Crippen LogP contribution in [0, 0.1) is 24.0 Å². The average molecular weight is 386 g/mol. The van der Waals surface area contributed by atoms with Crippen LogP contribution >= 0.6 is 0 Å². The highest BCUT2D eigenvalue weighted by Gasteiger charge is 2.16. The number of esters is 1. The van der Waals surface area contributed by atoms with Gasteiger partial charge in [0.2, 0.25) is 0 Å². The standard InChI is InChI=1S/C19H18N2O7/c1-12-4-3-5-13(2)18(12)27-9-8-26-17(22)11-20-15-7-6-14(21(24)25)10-16(15)28-19(20)23/h3-7,10H,8-9,11H2,1-2H3. The summed E-state index contributed by atoms with van der Waals surface area (Å²) in [6.07, 6.45) is 0. The second-order valence-electron chi connectivity index (χ2n) is 6.15. The highest BCUT2D eigenvalue weighted by atomic mass is 16.6. The third-order valence-electron chi connectivity index (χ3n) is 4.15. The van der Waals surface area contributed by atoms with Gasteiger partial charge in [-0.3, -0.25) is 19.5 Å². The number of carbonyl (C=O) groups excluding carboxylic acids is 1. The van der Waals surface area contributed by atoms with E-state index in [-0.39, 0.29) is 36.5 Å². The first kappa shape index (κ1) is 19.2. The molecule has 1 aromatic heterocycles. The Morgan fingerprint density at radius 1 is 1.18 bits per heavy atom. The Bertz CT molecular complexity index is 1080. The van der Waals surface area contributed by atoms with Crippen molar-refractivity contribution < 1.29 is 23.6 Å². The highest BCUT2D eigenvalue weighted by Crippen LogP contribution is 2.22. The second kappa shape index (κ2) is 7.95. The molecule has 0 spiro atoms. The summed E-state index contributed by atoms with van der Waals surface area (Å²) >= 11 is 0. The fourth-order valence-electron chi connectivity index (χ4n) is 2.82. The van der Waals surface area contributed by atoms with Crippen LogP contribution in [0.25, 0.3) is 11.1 Å². The number of aromatic nitrogens is 1. The van der Waals surface area contributed by atoms with Gasteiger partial charge >= 0.3 is 11.7 Å². The molecule has 1 heterocycles. The van der Waals surface area contributed by atoms with Crippen LogP contribution in [0.4, 0.5) is 5.69 Å². The summed E-state index contributed by atoms with van der Waals surface area (Å²) in [4.78, 5) is 34.2. The molecular formula is C19H18N2O7. The fraction of sp³-hybridized carbons (Fsp3) is 0.263. The van der Waals surface area contributed by atoms with Crippen molar-refractivity contribution >= 4 is 22.8 Å². The number of rotatable bonds is 7. The number of para-hydroxylation sites is 1. The van der Waals surface area contributed by atoms with E-state index in [1.807, 2.05) is 32.0 Å². The van der Waals surface area contributed by atoms with E-state index >= 15 is 0 Å². The number of fused-ring (bicyclic) bond motifs is 1. The summed E-state index contributed by atoms with van der Waals surface area (Å²) in [6.45, 7) is 3.67. The maximum Gasteiger partial charge on any atom is 0.420 e. The smallest absolute Gasteiger partial charge is 0.420 e. The molecule has 28 heavy (non-hydrogen) atoms. The predicted molar refractivity (Wildman–Crippen MR) is 99.5 cm³/mol. The quantitative estimate of drug-likeness (QED) is 0.265. The lowest BCUT2D eigenvalue weighted by Crippen LogP contribution is -2.23. The van der Waals surface area contributed by atoms with Crippen LogP contribution < -0.4 is 10.5 Å². The molecular weight excluding hydrogens is 368 g/mol. The normalized spacial score (nSPS) is 10.8. The summed E-state index contributed by atoms with van der Waals surface area (Å²) in [5.74, 6) is -0.690. The highest BCUT2D eigenvalue weighted by molar-refractivity contribution is 5.78. The Morgan fingerprint density at radius 2 is 1.89 bits per heavy atom. The van der Waals surface area contributed by atoms with Crippen molar-refractivity contribution in [3.63, 3.8) is 0 Å². The van der Waals surface area contributed by atoms with Crippen molar-refractivity contribution in [3.05, 3.63) is 68.2 Å². The van der Waals surface area contributed by atoms with E-state index in [4.69, 9.17) is 13.9 Å². The molecule has 0 fully saturated rings. The molecule has 9 nitrogen and oxygen atoms in total. The molecule has 9 heteroatoms. The zero-order valence-corrected chi connectivity index (χ0v) is 15.3. The molecule has 3 aromatic rings. The van der Waals surface area contributed by atoms with Crippen LogP contribution in [0.2, 0.25) is 0 Å². The minimum atomic E-state index is -0.792. The first-order chi connectivity index (χ1) is 13.4. The molecule has 0 N–H and O–H groups in total. The van der Waals surface area contributed by atoms with Crippen molar-refractivity contribution in [3.8, 4) is 5.75 Å². The molecule has 146 valence electrons. The number of carbonyl (C=O) groups is 1. The number of hydrogen-bond acceptors (Lipinski definition) is 7. The first-order valence-corrected chi connectivity index (χ1v) is 8.49. The number of benzene rings is 2. The number of nitrogens with zero attached hydrogens (tertiary/aromatic N) is 2. The van der Waals surface area contributed by atoms with Crippen molar-refractivity contribution in [2.24, 2.45) is 0 Å². The van der Waals surface area contributed by atoms with Crippen LogP contribution in [0.1, 0.15) is 11.1 Å². The number of nitro benzene ring substituents is 1. The van der Waals surface area contributed by atoms with E-state index in [1.54, 1.807) is 0 Å². The number of hydrogen-bond donors (Lipinski definition) is 0. The largest absolute Gasteiger partial charge is 0.489 e. The van der Waals surface area contributed by atoms with E-state index in [2.05, 4.69) is 0 Å². The van der Waals surface area contributed by atoms with E-state index in [0.29, 0.717) is 0 Å². The molecule has 0 atom stereocenters. The van der Waals surface area contributed by atoms with Crippen LogP contribution in [0.5, 0.6) is 5.75 Å². The number of aryl methyl sites for hydroxylation is 2. The molecule has 0 amide bonds. The Labute approximate surface area is 159 Å². The summed E-state index contributed by atoms with van der Waals surface area (Å²) < 4.78 is 16.8. The zero-order valence-electron chi connectivity index (χ0n) is 15.3. The van der Waals surface area contributed by atoms with E-state index in [0.717, 1.165) is 27.5 Å². The number of non-ortho nitro benzene ring substituents is 1. The average Bonchev–Trinajstić information content (AvgIpc) is 2.95. The van der Waals surface area contributed by atoms with Gasteiger partial charge in [-0.05, 0) is 31.0 Å². The summed E-state index contributed by atoms with van der Waals surface area (Å²) in [7, 11) is 0. The molecule has 0 radical (unpaired) electrons. The van der Waals surface area contributed by atoms with Crippen LogP contribution in [-0.4, -0.2) is 28.7 Å². The molecule has 2 aromatic carbocycles. The molecule has 0 aliphatic rings. The van der Waals surface area contributed by atoms with Gasteiger partial charge in [-0.1, -0.05) is 18.2 Å². The Kier molecular flexibility index (Phi) is 5.44. The Morgan fingerprint density at radius 3 is 2.57 bits per heavy atom. The van der Waals surface area contributed by atoms with Gasteiger partial charge < -0.3 is 13.9 Å². The third-order valence-corrected chi connectivity index (χ3v) is 4.15. The van der Waals surface area contributed by atoms with Gasteiger partial charge in [0.05, 0.1) is 16.5 Å². The Hall–Kier alpha value is -3.62. The molecule has 0 unspecified atom stereocenters. The summed E-state index contributed by atoms with van der Waals surface area (Å²) in [5, 5.41) is 10.8. The topological polar surface area (TPSA) is 114 Å². The van der Waals surface area contributed by atoms with Crippen LogP contribution in [0.3, 0.4) is 0 Å². The lowest BCUT2D eigenvalue weighted by atomic mass is 10.1. The maximum atomic E-state index is 12.0. The predicted octanol–water partition coefficient (Wildman–Crippen LogP) is 2.74. The van der Waals surface area contributed by atoms with Crippen molar-refractivity contribution in [1.82, 2.24) is 4.57 Å². The van der Waals surface area contributed by atoms with Gasteiger partial charge in [0, 0.05) is 6.07 Å². The molecule has 0 bridgehead atoms. The molecule has 3 rings (SSSR count). The van der Waals surface area contributed by atoms with Gasteiger partial charge in [-0.15, -0.1) is 0 Å². The van der Waals surface area contributed by atoms with E-state index in [1.165, 1.54) is 12.1 Å². The summed E-state index contributed by atoms with van der Waals surface area (Å²) in [6, 6.07) is 9.51. The van der Waals surface area contributed by atoms with Crippen LogP contribution in [-0.2, 0) is 16.1 Å². The van der Waals surface area contributed by atoms with Crippen molar-refractivity contribution in [2.45, 2.75) is 20.4 Å². The lowest BCUT2D eigenvalue weighted by Gasteiger charge is -2.12. The van der Waals surface area contributed by atoms with Gasteiger partial charge in [-0.2, -0.15) is 0 Å². The fourth-order valence-corrected chi connectivity index (χ4v) is 2.82. The monoisotopic (exact) mass is 386 g/mol. The van der Waals surface area contributed by atoms with Gasteiger partial charge in [0.25, 0.3) is 5.69 Å². The number of nitro groups is 1. The van der Waals surface area contributed by atoms with Crippen LogP contribution in [0.15, 0.2) is 45.6 Å². The first-order valence-electron chi connectivity index (χ1n) is 8.49. The van der Waals surface area contributed by atoms with Gasteiger partial charge in [0.1, 0.15) is 25.5 Å². The van der Waals surface area contributed by atoms with Crippen molar-refractivity contribution in [1.29, 1.82) is 0 Å². The Balaban J connectivity index is 1.60. The minimum absolute atomic E-state index is 0.0165. The zero-order chi connectivity index (χ0) is 20.3. The maximum absolute atomic E-state index is 12.0. The van der Waals surface area contributed by atoms with Crippen molar-refractivity contribution in [2.75, 3.05) is 13.2 Å². The van der Waals surface area contributed by atoms with Gasteiger partial charge in [0.15, 0.2) is 5.58 Å². The number of oxazole rings is 1. The third kappa shape index (κ3) is 4.03. The molecule has 0 aliphatic heterocycles. The van der Waals surface area contributed by atoms with E-state index in [9.17, 15) is 19.7 Å². The number of ether oxygens (including phenoxy) is 2. The molecule has 0 aliphatic carbocycles. The minimum Gasteiger partial charge on any atom is -0.489 e. The lowest BCUT2D eigenvalue weighted by molar-refractivity contribution is -0.384. The second-order valence-corrected chi connectivity index (χ2v) is 6.15.